The summed E-state index contributed by atoms with van der Waals surface area (Å²) in [7, 11) is -0.861. The molecule has 1 nitrogen and oxygen atoms in total. The minimum Gasteiger partial charge on any atom is -0.205 e. The van der Waals surface area contributed by atoms with Crippen molar-refractivity contribution >= 4 is 8.07 Å². The molecule has 0 aliphatic rings. The van der Waals surface area contributed by atoms with Crippen LogP contribution in [0.5, 0.6) is 0 Å². The molecule has 1 aromatic rings. The maximum absolute atomic E-state index is 2.41. The van der Waals surface area contributed by atoms with E-state index in [1.165, 1.54) is 12.6 Å². The van der Waals surface area contributed by atoms with Crippen LogP contribution < -0.4 is 4.57 Å². The molecule has 0 N–H and O–H groups in total. The van der Waals surface area contributed by atoms with Crippen LogP contribution in [0, 0.1) is 0 Å². The van der Waals surface area contributed by atoms with E-state index in [1.54, 1.807) is 0 Å². The Morgan fingerprint density at radius 1 is 1.00 bits per heavy atom. The summed E-state index contributed by atoms with van der Waals surface area (Å²) in [5, 5.41) is 0. The first-order valence-electron chi connectivity index (χ1n) is 4.52. The van der Waals surface area contributed by atoms with E-state index >= 15 is 0 Å². The van der Waals surface area contributed by atoms with Crippen LogP contribution in [0.2, 0.25) is 25.7 Å². The Bertz CT molecular complexity index is 225. The standard InChI is InChI=1S/C10H18NSi/c1-12(2,3)10-9-11-7-5-4-6-8-11/h4-8H,9-10H2,1-3H3/q+1. The quantitative estimate of drug-likeness (QED) is 0.496. The topological polar surface area (TPSA) is 3.88 Å². The second kappa shape index (κ2) is 3.85. The van der Waals surface area contributed by atoms with Crippen molar-refractivity contribution in [2.75, 3.05) is 0 Å². The van der Waals surface area contributed by atoms with Gasteiger partial charge in [0, 0.05) is 18.2 Å². The molecule has 2 heteroatoms. The molecule has 0 saturated carbocycles. The fraction of sp³-hybridized carbons (Fsp3) is 0.500. The smallest absolute Gasteiger partial charge is 0.168 e. The maximum atomic E-state index is 2.41. The van der Waals surface area contributed by atoms with Gasteiger partial charge in [-0.25, -0.2) is 4.57 Å². The zero-order chi connectivity index (χ0) is 9.03. The van der Waals surface area contributed by atoms with Crippen LogP contribution in [-0.2, 0) is 6.54 Å². The van der Waals surface area contributed by atoms with Crippen LogP contribution in [0.1, 0.15) is 0 Å². The number of rotatable bonds is 3. The fourth-order valence-electron chi connectivity index (χ4n) is 1.05. The molecule has 0 atom stereocenters. The predicted octanol–water partition coefficient (Wildman–Crippen LogP) is 2.31. The third-order valence-electron chi connectivity index (χ3n) is 1.90. The molecule has 0 bridgehead atoms. The van der Waals surface area contributed by atoms with E-state index in [1.807, 2.05) is 0 Å². The third kappa shape index (κ3) is 3.67. The summed E-state index contributed by atoms with van der Waals surface area (Å²) in [6.07, 6.45) is 4.28. The lowest BCUT2D eigenvalue weighted by Crippen LogP contribution is -2.36. The first-order chi connectivity index (χ1) is 5.58. The van der Waals surface area contributed by atoms with Gasteiger partial charge in [0.1, 0.15) is 6.54 Å². The summed E-state index contributed by atoms with van der Waals surface area (Å²) in [6, 6.07) is 7.60. The minimum atomic E-state index is -0.861. The van der Waals surface area contributed by atoms with Gasteiger partial charge in [0.15, 0.2) is 12.4 Å². The van der Waals surface area contributed by atoms with Crippen molar-refractivity contribution in [1.82, 2.24) is 0 Å². The summed E-state index contributed by atoms with van der Waals surface area (Å²) < 4.78 is 2.26. The summed E-state index contributed by atoms with van der Waals surface area (Å²) in [6.45, 7) is 8.42. The van der Waals surface area contributed by atoms with Gasteiger partial charge in [-0.2, -0.15) is 0 Å². The normalized spacial score (nSPS) is 11.6. The molecule has 0 aromatic carbocycles. The summed E-state index contributed by atoms with van der Waals surface area (Å²) in [5.41, 5.74) is 0. The monoisotopic (exact) mass is 180 g/mol. The molecule has 12 heavy (non-hydrogen) atoms. The van der Waals surface area contributed by atoms with Crippen molar-refractivity contribution in [3.05, 3.63) is 30.6 Å². The van der Waals surface area contributed by atoms with Gasteiger partial charge >= 0.3 is 0 Å². The fourth-order valence-corrected chi connectivity index (χ4v) is 1.98. The van der Waals surface area contributed by atoms with E-state index in [9.17, 15) is 0 Å². The van der Waals surface area contributed by atoms with E-state index in [0.29, 0.717) is 0 Å². The molecule has 1 rings (SSSR count). The Morgan fingerprint density at radius 2 is 1.58 bits per heavy atom. The molecular formula is C10H18NSi+. The van der Waals surface area contributed by atoms with Gasteiger partial charge in [-0.1, -0.05) is 25.7 Å². The van der Waals surface area contributed by atoms with Crippen molar-refractivity contribution in [1.29, 1.82) is 0 Å². The third-order valence-corrected chi connectivity index (χ3v) is 3.62. The average Bonchev–Trinajstić information content (AvgIpc) is 2.02. The van der Waals surface area contributed by atoms with Gasteiger partial charge < -0.3 is 0 Å². The highest BCUT2D eigenvalue weighted by atomic mass is 28.3. The van der Waals surface area contributed by atoms with Crippen LogP contribution in [0.3, 0.4) is 0 Å². The molecule has 0 aliphatic heterocycles. The van der Waals surface area contributed by atoms with Crippen LogP contribution in [0.4, 0.5) is 0 Å². The Balaban J connectivity index is 2.44. The van der Waals surface area contributed by atoms with Crippen molar-refractivity contribution in [2.45, 2.75) is 32.2 Å². The van der Waals surface area contributed by atoms with Crippen LogP contribution in [0.25, 0.3) is 0 Å². The van der Waals surface area contributed by atoms with E-state index in [-0.39, 0.29) is 0 Å². The number of aryl methyl sites for hydroxylation is 1. The molecule has 0 amide bonds. The Labute approximate surface area is 76.1 Å². The molecular weight excluding hydrogens is 162 g/mol. The molecule has 1 aromatic heterocycles. The molecule has 0 aliphatic carbocycles. The van der Waals surface area contributed by atoms with Gasteiger partial charge in [0.2, 0.25) is 0 Å². The van der Waals surface area contributed by atoms with Gasteiger partial charge in [-0.05, 0) is 0 Å². The first-order valence-corrected chi connectivity index (χ1v) is 8.23. The van der Waals surface area contributed by atoms with Crippen molar-refractivity contribution in [3.8, 4) is 0 Å². The number of aromatic nitrogens is 1. The van der Waals surface area contributed by atoms with E-state index < -0.39 is 8.07 Å². The molecule has 0 spiro atoms. The lowest BCUT2D eigenvalue weighted by molar-refractivity contribution is -0.693. The molecule has 0 fully saturated rings. The van der Waals surface area contributed by atoms with Crippen molar-refractivity contribution in [3.63, 3.8) is 0 Å². The Kier molecular flexibility index (Phi) is 3.03. The van der Waals surface area contributed by atoms with Crippen LogP contribution in [-0.4, -0.2) is 8.07 Å². The lowest BCUT2D eigenvalue weighted by Gasteiger charge is -2.12. The largest absolute Gasteiger partial charge is 0.205 e. The van der Waals surface area contributed by atoms with Crippen molar-refractivity contribution in [2.24, 2.45) is 0 Å². The molecule has 0 radical (unpaired) electrons. The molecule has 0 unspecified atom stereocenters. The van der Waals surface area contributed by atoms with Gasteiger partial charge in [-0.3, -0.25) is 0 Å². The minimum absolute atomic E-state index is 0.861. The van der Waals surface area contributed by atoms with Gasteiger partial charge in [0.25, 0.3) is 0 Å². The van der Waals surface area contributed by atoms with E-state index in [2.05, 4.69) is 54.8 Å². The highest BCUT2D eigenvalue weighted by Crippen LogP contribution is 2.06. The maximum Gasteiger partial charge on any atom is 0.168 e. The van der Waals surface area contributed by atoms with Crippen molar-refractivity contribution < 1.29 is 4.57 Å². The van der Waals surface area contributed by atoms with E-state index in [0.717, 1.165) is 0 Å². The van der Waals surface area contributed by atoms with E-state index in [4.69, 9.17) is 0 Å². The number of pyridine rings is 1. The SMILES string of the molecule is C[Si](C)(C)CC[n+]1ccccc1. The highest BCUT2D eigenvalue weighted by Gasteiger charge is 2.14. The molecule has 66 valence electrons. The number of nitrogens with zero attached hydrogens (tertiary/aromatic N) is 1. The second-order valence-electron chi connectivity index (χ2n) is 4.42. The Hall–Kier alpha value is -0.633. The number of hydrogen-bond donors (Lipinski definition) is 0. The molecule has 0 saturated heterocycles. The van der Waals surface area contributed by atoms with Gasteiger partial charge in [-0.15, -0.1) is 0 Å². The summed E-state index contributed by atoms with van der Waals surface area (Å²) >= 11 is 0. The van der Waals surface area contributed by atoms with Crippen LogP contribution >= 0.6 is 0 Å². The van der Waals surface area contributed by atoms with Gasteiger partial charge in [0.05, 0.1) is 8.07 Å². The first kappa shape index (κ1) is 9.45. The summed E-state index contributed by atoms with van der Waals surface area (Å²) in [5.74, 6) is 0. The molecule has 1 heterocycles. The number of hydrogen-bond acceptors (Lipinski definition) is 0. The van der Waals surface area contributed by atoms with Crippen LogP contribution in [0.15, 0.2) is 30.6 Å². The predicted molar refractivity (Wildman–Crippen MR) is 54.8 cm³/mol. The average molecular weight is 180 g/mol. The summed E-state index contributed by atoms with van der Waals surface area (Å²) in [4.78, 5) is 0. The zero-order valence-corrected chi connectivity index (χ0v) is 9.25. The Morgan fingerprint density at radius 3 is 2.08 bits per heavy atom. The highest BCUT2D eigenvalue weighted by molar-refractivity contribution is 6.76. The lowest BCUT2D eigenvalue weighted by atomic mass is 10.5. The zero-order valence-electron chi connectivity index (χ0n) is 8.25. The second-order valence-corrected chi connectivity index (χ2v) is 10.0.